The first kappa shape index (κ1) is 14.1. The number of rotatable bonds is 6. The SMILES string of the molecule is CC(=NO)c1cccc(OCOCc2ccccc2)c1. The molecule has 0 saturated heterocycles. The monoisotopic (exact) mass is 271 g/mol. The Balaban J connectivity index is 1.82. The van der Waals surface area contributed by atoms with Gasteiger partial charge in [-0.05, 0) is 24.6 Å². The van der Waals surface area contributed by atoms with E-state index in [0.29, 0.717) is 18.1 Å². The van der Waals surface area contributed by atoms with Crippen molar-refractivity contribution in [2.24, 2.45) is 5.16 Å². The Morgan fingerprint density at radius 1 is 1.10 bits per heavy atom. The minimum atomic E-state index is 0.174. The van der Waals surface area contributed by atoms with Gasteiger partial charge in [0.25, 0.3) is 0 Å². The van der Waals surface area contributed by atoms with Gasteiger partial charge in [0.1, 0.15) is 5.75 Å². The number of oxime groups is 1. The molecule has 0 fully saturated rings. The van der Waals surface area contributed by atoms with Gasteiger partial charge in [0.2, 0.25) is 0 Å². The van der Waals surface area contributed by atoms with Crippen LogP contribution in [-0.4, -0.2) is 17.7 Å². The summed E-state index contributed by atoms with van der Waals surface area (Å²) in [6.07, 6.45) is 0. The zero-order valence-corrected chi connectivity index (χ0v) is 11.3. The van der Waals surface area contributed by atoms with Gasteiger partial charge in [-0.15, -0.1) is 0 Å². The summed E-state index contributed by atoms with van der Waals surface area (Å²) in [4.78, 5) is 0. The van der Waals surface area contributed by atoms with E-state index in [1.54, 1.807) is 13.0 Å². The number of hydrogen-bond acceptors (Lipinski definition) is 4. The summed E-state index contributed by atoms with van der Waals surface area (Å²) in [5.41, 5.74) is 2.46. The molecule has 20 heavy (non-hydrogen) atoms. The molecule has 0 saturated carbocycles. The number of ether oxygens (including phenoxy) is 2. The number of benzene rings is 2. The molecule has 0 heterocycles. The molecule has 0 aliphatic carbocycles. The predicted octanol–water partition coefficient (Wildman–Crippen LogP) is 3.44. The van der Waals surface area contributed by atoms with Crippen LogP contribution in [0, 0.1) is 0 Å². The highest BCUT2D eigenvalue weighted by Gasteiger charge is 2.00. The van der Waals surface area contributed by atoms with Crippen LogP contribution < -0.4 is 4.74 Å². The molecule has 0 radical (unpaired) electrons. The normalized spacial score (nSPS) is 11.3. The van der Waals surface area contributed by atoms with Crippen LogP contribution in [0.4, 0.5) is 0 Å². The third-order valence-electron chi connectivity index (χ3n) is 2.82. The zero-order valence-electron chi connectivity index (χ0n) is 11.3. The van der Waals surface area contributed by atoms with Gasteiger partial charge >= 0.3 is 0 Å². The predicted molar refractivity (Wildman–Crippen MR) is 77.2 cm³/mol. The van der Waals surface area contributed by atoms with Gasteiger partial charge in [-0.1, -0.05) is 47.6 Å². The van der Waals surface area contributed by atoms with E-state index in [0.717, 1.165) is 11.1 Å². The minimum absolute atomic E-state index is 0.174. The van der Waals surface area contributed by atoms with Gasteiger partial charge in [0.15, 0.2) is 6.79 Å². The Morgan fingerprint density at radius 3 is 2.65 bits per heavy atom. The summed E-state index contributed by atoms with van der Waals surface area (Å²) in [5.74, 6) is 0.679. The van der Waals surface area contributed by atoms with E-state index in [-0.39, 0.29) is 6.79 Å². The summed E-state index contributed by atoms with van der Waals surface area (Å²) < 4.78 is 11.0. The third kappa shape index (κ3) is 4.10. The second-order valence-electron chi connectivity index (χ2n) is 4.31. The van der Waals surface area contributed by atoms with Crippen molar-refractivity contribution >= 4 is 5.71 Å². The fourth-order valence-electron chi connectivity index (χ4n) is 1.71. The maximum Gasteiger partial charge on any atom is 0.189 e. The minimum Gasteiger partial charge on any atom is -0.468 e. The highest BCUT2D eigenvalue weighted by atomic mass is 16.7. The average Bonchev–Trinajstić information content (AvgIpc) is 2.52. The fourth-order valence-corrected chi connectivity index (χ4v) is 1.71. The van der Waals surface area contributed by atoms with E-state index < -0.39 is 0 Å². The van der Waals surface area contributed by atoms with Gasteiger partial charge < -0.3 is 14.7 Å². The maximum atomic E-state index is 8.74. The van der Waals surface area contributed by atoms with Crippen LogP contribution in [0.2, 0.25) is 0 Å². The van der Waals surface area contributed by atoms with Crippen molar-refractivity contribution in [1.82, 2.24) is 0 Å². The lowest BCUT2D eigenvalue weighted by Crippen LogP contribution is -2.03. The molecule has 4 nitrogen and oxygen atoms in total. The molecule has 1 N–H and O–H groups in total. The smallest absolute Gasteiger partial charge is 0.189 e. The second kappa shape index (κ2) is 7.31. The average molecular weight is 271 g/mol. The molecule has 0 atom stereocenters. The highest BCUT2D eigenvalue weighted by molar-refractivity contribution is 5.98. The van der Waals surface area contributed by atoms with Crippen LogP contribution in [-0.2, 0) is 11.3 Å². The molecule has 0 aliphatic heterocycles. The van der Waals surface area contributed by atoms with Crippen LogP contribution in [0.3, 0.4) is 0 Å². The van der Waals surface area contributed by atoms with Crippen molar-refractivity contribution in [3.8, 4) is 5.75 Å². The van der Waals surface area contributed by atoms with E-state index in [1.165, 1.54) is 0 Å². The number of hydrogen-bond donors (Lipinski definition) is 1. The second-order valence-corrected chi connectivity index (χ2v) is 4.31. The zero-order chi connectivity index (χ0) is 14.2. The Morgan fingerprint density at radius 2 is 1.90 bits per heavy atom. The lowest BCUT2D eigenvalue weighted by atomic mass is 10.1. The summed E-state index contributed by atoms with van der Waals surface area (Å²) >= 11 is 0. The molecule has 0 unspecified atom stereocenters. The van der Waals surface area contributed by atoms with E-state index in [2.05, 4.69) is 5.16 Å². The summed E-state index contributed by atoms with van der Waals surface area (Å²) in [6.45, 7) is 2.41. The van der Waals surface area contributed by atoms with Crippen LogP contribution in [0.1, 0.15) is 18.1 Å². The highest BCUT2D eigenvalue weighted by Crippen LogP contribution is 2.14. The van der Waals surface area contributed by atoms with Crippen LogP contribution >= 0.6 is 0 Å². The lowest BCUT2D eigenvalue weighted by Gasteiger charge is -2.08. The van der Waals surface area contributed by atoms with Crippen molar-refractivity contribution < 1.29 is 14.7 Å². The molecule has 2 aromatic rings. The fraction of sp³-hybridized carbons (Fsp3) is 0.188. The molecule has 2 aromatic carbocycles. The molecule has 0 bridgehead atoms. The summed E-state index contributed by atoms with van der Waals surface area (Å²) in [5, 5.41) is 11.9. The quantitative estimate of drug-likeness (QED) is 0.288. The van der Waals surface area contributed by atoms with Crippen molar-refractivity contribution in [1.29, 1.82) is 0 Å². The van der Waals surface area contributed by atoms with Gasteiger partial charge in [-0.25, -0.2) is 0 Å². The molecule has 2 rings (SSSR count). The first-order chi connectivity index (χ1) is 9.79. The largest absolute Gasteiger partial charge is 0.468 e. The topological polar surface area (TPSA) is 51.1 Å². The molecule has 0 amide bonds. The summed E-state index contributed by atoms with van der Waals surface area (Å²) in [6, 6.07) is 17.3. The van der Waals surface area contributed by atoms with E-state index in [4.69, 9.17) is 14.7 Å². The number of nitrogens with zero attached hydrogens (tertiary/aromatic N) is 1. The Bertz CT molecular complexity index is 567. The third-order valence-corrected chi connectivity index (χ3v) is 2.82. The van der Waals surface area contributed by atoms with Crippen LogP contribution in [0.25, 0.3) is 0 Å². The van der Waals surface area contributed by atoms with E-state index in [1.807, 2.05) is 48.5 Å². The summed E-state index contributed by atoms with van der Waals surface area (Å²) in [7, 11) is 0. The molecule has 0 spiro atoms. The Labute approximate surface area is 118 Å². The Hall–Kier alpha value is -2.33. The first-order valence-corrected chi connectivity index (χ1v) is 6.33. The van der Waals surface area contributed by atoms with Crippen molar-refractivity contribution in [3.63, 3.8) is 0 Å². The van der Waals surface area contributed by atoms with Gasteiger partial charge in [0.05, 0.1) is 12.3 Å². The first-order valence-electron chi connectivity index (χ1n) is 6.33. The van der Waals surface area contributed by atoms with E-state index >= 15 is 0 Å². The van der Waals surface area contributed by atoms with Gasteiger partial charge in [-0.2, -0.15) is 0 Å². The molecule has 104 valence electrons. The molecule has 0 aromatic heterocycles. The van der Waals surface area contributed by atoms with Gasteiger partial charge in [0, 0.05) is 5.56 Å². The van der Waals surface area contributed by atoms with Crippen molar-refractivity contribution in [3.05, 3.63) is 65.7 Å². The molecular formula is C16H17NO3. The standard InChI is InChI=1S/C16H17NO3/c1-13(17-18)15-8-5-9-16(10-15)20-12-19-11-14-6-3-2-4-7-14/h2-10,18H,11-12H2,1H3. The van der Waals surface area contributed by atoms with Gasteiger partial charge in [-0.3, -0.25) is 0 Å². The van der Waals surface area contributed by atoms with Crippen LogP contribution in [0.15, 0.2) is 59.8 Å². The Kier molecular flexibility index (Phi) is 5.15. The van der Waals surface area contributed by atoms with Crippen molar-refractivity contribution in [2.75, 3.05) is 6.79 Å². The molecular weight excluding hydrogens is 254 g/mol. The maximum absolute atomic E-state index is 8.74. The molecule has 0 aliphatic rings. The van der Waals surface area contributed by atoms with E-state index in [9.17, 15) is 0 Å². The lowest BCUT2D eigenvalue weighted by molar-refractivity contribution is 0.00504. The van der Waals surface area contributed by atoms with Crippen molar-refractivity contribution in [2.45, 2.75) is 13.5 Å². The molecule has 4 heteroatoms. The van der Waals surface area contributed by atoms with Crippen LogP contribution in [0.5, 0.6) is 5.75 Å².